The Balaban J connectivity index is 1.71. The van der Waals surface area contributed by atoms with Gasteiger partial charge in [-0.2, -0.15) is 0 Å². The molecule has 0 bridgehead atoms. The van der Waals surface area contributed by atoms with E-state index in [1.165, 1.54) is 22.3 Å². The van der Waals surface area contributed by atoms with Gasteiger partial charge in [-0.15, -0.1) is 0 Å². The van der Waals surface area contributed by atoms with E-state index in [-0.39, 0.29) is 17.6 Å². The zero-order chi connectivity index (χ0) is 25.1. The van der Waals surface area contributed by atoms with Gasteiger partial charge >= 0.3 is 0 Å². The topological polar surface area (TPSA) is 31.4 Å². The molecule has 2 aliphatic heterocycles. The summed E-state index contributed by atoms with van der Waals surface area (Å²) >= 11 is 13.0. The number of anilines is 2. The molecule has 1 fully saturated rings. The molecule has 6 heteroatoms. The average Bonchev–Trinajstić information content (AvgIpc) is 3.16. The van der Waals surface area contributed by atoms with Crippen LogP contribution in [-0.2, 0) is 0 Å². The van der Waals surface area contributed by atoms with E-state index in [4.69, 9.17) is 23.8 Å². The Morgan fingerprint density at radius 2 is 1.80 bits per heavy atom. The summed E-state index contributed by atoms with van der Waals surface area (Å²) in [7, 11) is 2.13. The second-order valence-corrected chi connectivity index (χ2v) is 11.0. The monoisotopic (exact) mass is 502 g/mol. The summed E-state index contributed by atoms with van der Waals surface area (Å²) in [6.07, 6.45) is 4.15. The number of hydrogen-bond donors (Lipinski definition) is 1. The van der Waals surface area contributed by atoms with Crippen molar-refractivity contribution in [2.45, 2.75) is 52.2 Å². The summed E-state index contributed by atoms with van der Waals surface area (Å²) in [4.78, 5) is 9.17. The molecular weight excluding hydrogens is 472 g/mol. The molecule has 1 N–H and O–H groups in total. The average molecular weight is 503 g/mol. The second-order valence-electron chi connectivity index (χ2n) is 10.2. The summed E-state index contributed by atoms with van der Waals surface area (Å²) in [5.74, 6) is 0. The van der Waals surface area contributed by atoms with Gasteiger partial charge in [0, 0.05) is 35.2 Å². The molecule has 1 saturated heterocycles. The first kappa shape index (κ1) is 23.8. The molecule has 4 nitrogen and oxygen atoms in total. The van der Waals surface area contributed by atoms with Crippen molar-refractivity contribution in [3.05, 3.63) is 93.8 Å². The molecule has 0 spiro atoms. The van der Waals surface area contributed by atoms with E-state index in [9.17, 15) is 0 Å². The minimum absolute atomic E-state index is 0.0830. The van der Waals surface area contributed by atoms with Crippen LogP contribution in [0.25, 0.3) is 5.57 Å². The number of halogens is 1. The van der Waals surface area contributed by atoms with Gasteiger partial charge in [-0.1, -0.05) is 29.8 Å². The Kier molecular flexibility index (Phi) is 5.89. The zero-order valence-electron chi connectivity index (χ0n) is 21.1. The molecule has 0 unspecified atom stereocenters. The molecule has 2 atom stereocenters. The second kappa shape index (κ2) is 8.65. The van der Waals surface area contributed by atoms with E-state index < -0.39 is 0 Å². The number of fused-ring (bicyclic) bond motifs is 1. The smallest absolute Gasteiger partial charge is 0.174 e. The lowest BCUT2D eigenvalue weighted by molar-refractivity contribution is 0.567. The Morgan fingerprint density at radius 1 is 1.03 bits per heavy atom. The van der Waals surface area contributed by atoms with Crippen LogP contribution in [0.5, 0.6) is 0 Å². The van der Waals surface area contributed by atoms with E-state index in [0.29, 0.717) is 5.11 Å². The predicted molar refractivity (Wildman–Crippen MR) is 151 cm³/mol. The van der Waals surface area contributed by atoms with Crippen molar-refractivity contribution in [1.29, 1.82) is 0 Å². The fourth-order valence-electron chi connectivity index (χ4n) is 5.24. The van der Waals surface area contributed by atoms with Gasteiger partial charge in [0.1, 0.15) is 0 Å². The number of benzene rings is 2. The van der Waals surface area contributed by atoms with E-state index in [1.807, 2.05) is 24.4 Å². The normalized spacial score (nSPS) is 21.0. The van der Waals surface area contributed by atoms with E-state index in [2.05, 4.69) is 98.2 Å². The highest BCUT2D eigenvalue weighted by Crippen LogP contribution is 2.48. The van der Waals surface area contributed by atoms with Gasteiger partial charge in [0.25, 0.3) is 0 Å². The van der Waals surface area contributed by atoms with Crippen molar-refractivity contribution in [3.63, 3.8) is 0 Å². The molecule has 180 valence electrons. The molecule has 1 aromatic heterocycles. The molecule has 0 saturated carbocycles. The molecule has 3 aromatic rings. The van der Waals surface area contributed by atoms with Crippen molar-refractivity contribution in [1.82, 2.24) is 10.3 Å². The number of thiocarbonyl (C=S) groups is 1. The maximum absolute atomic E-state index is 7.09. The number of hydrogen-bond acceptors (Lipinski definition) is 3. The molecule has 2 aliphatic rings. The van der Waals surface area contributed by atoms with Gasteiger partial charge in [-0.25, -0.2) is 0 Å². The largest absolute Gasteiger partial charge is 0.365 e. The summed E-state index contributed by atoms with van der Waals surface area (Å²) < 4.78 is 0. The van der Waals surface area contributed by atoms with Crippen molar-refractivity contribution < 1.29 is 0 Å². The number of nitrogens with one attached hydrogen (secondary N) is 1. The van der Waals surface area contributed by atoms with Crippen molar-refractivity contribution in [2.75, 3.05) is 16.8 Å². The summed E-state index contributed by atoms with van der Waals surface area (Å²) in [6.45, 7) is 10.9. The number of likely N-dealkylation sites (N-methyl/N-ethyl adjacent to an activating group) is 1. The quantitative estimate of drug-likeness (QED) is 0.384. The predicted octanol–water partition coefficient (Wildman–Crippen LogP) is 7.16. The summed E-state index contributed by atoms with van der Waals surface area (Å²) in [5, 5.41) is 4.96. The van der Waals surface area contributed by atoms with Crippen LogP contribution >= 0.6 is 23.8 Å². The Labute approximate surface area is 218 Å². The summed E-state index contributed by atoms with van der Waals surface area (Å²) in [6, 6.07) is 16.6. The van der Waals surface area contributed by atoms with Crippen molar-refractivity contribution >= 4 is 45.9 Å². The van der Waals surface area contributed by atoms with Crippen molar-refractivity contribution in [2.24, 2.45) is 0 Å². The number of nitrogens with zero attached hydrogens (tertiary/aromatic N) is 3. The first-order valence-corrected chi connectivity index (χ1v) is 12.7. The molecule has 0 aliphatic carbocycles. The number of aromatic nitrogens is 1. The molecule has 2 aromatic carbocycles. The highest BCUT2D eigenvalue weighted by atomic mass is 35.5. The number of allylic oxidation sites excluding steroid dienone is 1. The molecule has 3 heterocycles. The van der Waals surface area contributed by atoms with Gasteiger partial charge in [0.05, 0.1) is 23.3 Å². The fourth-order valence-corrected chi connectivity index (χ4v) is 5.85. The standard InChI is InChI=1S/C29H31ClN4S/c1-17-10-11-20(13-18(17)2)34-27(26(32-28(34)35)24-9-7-8-12-31-24)22-14-21-19(3)16-29(4,5)33(6)25(21)15-23(22)30/h7-16,26-27H,1-6H3,(H,32,35)/t26-,27-/m0/s1. The Morgan fingerprint density at radius 3 is 2.49 bits per heavy atom. The van der Waals surface area contributed by atoms with Crippen LogP contribution in [0.1, 0.15) is 60.8 Å². The number of aryl methyl sites for hydroxylation is 2. The van der Waals surface area contributed by atoms with E-state index in [0.717, 1.165) is 27.7 Å². The van der Waals surface area contributed by atoms with Crippen LogP contribution in [-0.4, -0.2) is 22.7 Å². The van der Waals surface area contributed by atoms with E-state index >= 15 is 0 Å². The summed E-state index contributed by atoms with van der Waals surface area (Å²) in [5.41, 5.74) is 9.01. The van der Waals surface area contributed by atoms with Gasteiger partial charge < -0.3 is 15.1 Å². The molecule has 0 amide bonds. The van der Waals surface area contributed by atoms with Gasteiger partial charge in [-0.05, 0) is 105 Å². The minimum atomic E-state index is -0.148. The third-order valence-corrected chi connectivity index (χ3v) is 8.16. The Bertz CT molecular complexity index is 1350. The van der Waals surface area contributed by atoms with Crippen LogP contribution in [0.2, 0.25) is 5.02 Å². The van der Waals surface area contributed by atoms with Crippen molar-refractivity contribution in [3.8, 4) is 0 Å². The first-order chi connectivity index (χ1) is 16.6. The third-order valence-electron chi connectivity index (χ3n) is 7.52. The maximum atomic E-state index is 7.09. The minimum Gasteiger partial charge on any atom is -0.365 e. The van der Waals surface area contributed by atoms with E-state index in [1.54, 1.807) is 0 Å². The van der Waals surface area contributed by atoms with Gasteiger partial charge in [0.15, 0.2) is 5.11 Å². The lowest BCUT2D eigenvalue weighted by Gasteiger charge is -2.41. The Hall–Kier alpha value is -2.89. The maximum Gasteiger partial charge on any atom is 0.174 e. The highest BCUT2D eigenvalue weighted by molar-refractivity contribution is 7.80. The van der Waals surface area contributed by atoms with Crippen LogP contribution < -0.4 is 15.1 Å². The van der Waals surface area contributed by atoms with Crippen LogP contribution in [0, 0.1) is 13.8 Å². The number of rotatable bonds is 3. The highest BCUT2D eigenvalue weighted by Gasteiger charge is 2.42. The van der Waals surface area contributed by atoms with Crippen LogP contribution in [0.15, 0.2) is 60.8 Å². The molecule has 35 heavy (non-hydrogen) atoms. The fraction of sp³-hybridized carbons (Fsp3) is 0.310. The first-order valence-electron chi connectivity index (χ1n) is 11.9. The third kappa shape index (κ3) is 4.01. The molecule has 5 rings (SSSR count). The SMILES string of the molecule is CC1=CC(C)(C)N(C)c2cc(Cl)c([C@H]3[C@H](c4ccccn4)NC(=S)N3c3ccc(C)c(C)c3)cc21. The molecular formula is C29H31ClN4S. The van der Waals surface area contributed by atoms with Crippen LogP contribution in [0.3, 0.4) is 0 Å². The van der Waals surface area contributed by atoms with Gasteiger partial charge in [-0.3, -0.25) is 4.98 Å². The lowest BCUT2D eigenvalue weighted by Crippen LogP contribution is -2.42. The molecule has 0 radical (unpaired) electrons. The lowest BCUT2D eigenvalue weighted by atomic mass is 9.86. The zero-order valence-corrected chi connectivity index (χ0v) is 22.6. The van der Waals surface area contributed by atoms with Gasteiger partial charge in [0.2, 0.25) is 0 Å². The van der Waals surface area contributed by atoms with Crippen LogP contribution in [0.4, 0.5) is 11.4 Å². The number of pyridine rings is 1.